The third-order valence-electron chi connectivity index (χ3n) is 4.47. The average molecular weight is 348 g/mol. The van der Waals surface area contributed by atoms with Crippen molar-refractivity contribution in [1.82, 2.24) is 9.80 Å². The number of amides is 3. The number of rotatable bonds is 4. The number of furan rings is 1. The van der Waals surface area contributed by atoms with Gasteiger partial charge in [-0.05, 0) is 24.3 Å². The molecule has 3 aromatic rings. The van der Waals surface area contributed by atoms with Gasteiger partial charge in [0.2, 0.25) is 5.91 Å². The first-order valence-electron chi connectivity index (χ1n) is 8.21. The van der Waals surface area contributed by atoms with Crippen LogP contribution in [0.15, 0.2) is 59.0 Å². The number of carbonyl (C=O) groups is 3. The zero-order valence-corrected chi connectivity index (χ0v) is 14.1. The number of nitrogens with zero attached hydrogens (tertiary/aromatic N) is 2. The molecule has 1 aliphatic rings. The molecule has 2 aromatic carbocycles. The lowest BCUT2D eigenvalue weighted by molar-refractivity contribution is -0.130. The van der Waals surface area contributed by atoms with E-state index in [1.54, 1.807) is 31.3 Å². The first-order chi connectivity index (χ1) is 12.5. The maximum atomic E-state index is 12.5. The normalized spacial score (nSPS) is 13.3. The highest BCUT2D eigenvalue weighted by molar-refractivity contribution is 6.22. The number of imide groups is 1. The highest BCUT2D eigenvalue weighted by Crippen LogP contribution is 2.23. The molecule has 0 radical (unpaired) electrons. The summed E-state index contributed by atoms with van der Waals surface area (Å²) in [5, 5.41) is 0.962. The summed E-state index contributed by atoms with van der Waals surface area (Å²) in [5.74, 6) is -0.559. The lowest BCUT2D eigenvalue weighted by Gasteiger charge is -2.19. The largest absolute Gasteiger partial charge is 0.459 e. The number of fused-ring (bicyclic) bond motifs is 2. The molecule has 1 aliphatic heterocycles. The van der Waals surface area contributed by atoms with Crippen LogP contribution in [0.4, 0.5) is 0 Å². The molecule has 3 amide bonds. The topological polar surface area (TPSA) is 70.8 Å². The summed E-state index contributed by atoms with van der Waals surface area (Å²) >= 11 is 0. The highest BCUT2D eigenvalue weighted by atomic mass is 16.3. The predicted octanol–water partition coefficient (Wildman–Crippen LogP) is 2.69. The average Bonchev–Trinajstić information content (AvgIpc) is 3.16. The summed E-state index contributed by atoms with van der Waals surface area (Å²) in [6, 6.07) is 16.1. The fourth-order valence-electron chi connectivity index (χ4n) is 3.08. The minimum Gasteiger partial charge on any atom is -0.459 e. The molecule has 0 bridgehead atoms. The molecule has 26 heavy (non-hydrogen) atoms. The summed E-state index contributed by atoms with van der Waals surface area (Å²) in [4.78, 5) is 39.6. The second-order valence-electron chi connectivity index (χ2n) is 6.24. The lowest BCUT2D eigenvalue weighted by Crippen LogP contribution is -2.40. The van der Waals surface area contributed by atoms with Crippen molar-refractivity contribution in [3.05, 3.63) is 71.5 Å². The van der Waals surface area contributed by atoms with Gasteiger partial charge in [0.05, 0.1) is 17.7 Å². The van der Waals surface area contributed by atoms with E-state index in [2.05, 4.69) is 0 Å². The number of carbonyl (C=O) groups excluding carboxylic acids is 3. The van der Waals surface area contributed by atoms with E-state index in [9.17, 15) is 14.4 Å². The number of para-hydroxylation sites is 1. The van der Waals surface area contributed by atoms with Gasteiger partial charge in [0, 0.05) is 12.4 Å². The highest BCUT2D eigenvalue weighted by Gasteiger charge is 2.36. The zero-order chi connectivity index (χ0) is 18.3. The van der Waals surface area contributed by atoms with E-state index in [1.165, 1.54) is 4.90 Å². The molecule has 6 heteroatoms. The van der Waals surface area contributed by atoms with E-state index >= 15 is 0 Å². The number of likely N-dealkylation sites (N-methyl/N-ethyl adjacent to an activating group) is 1. The van der Waals surface area contributed by atoms with Crippen LogP contribution in [0.2, 0.25) is 0 Å². The van der Waals surface area contributed by atoms with Crippen LogP contribution in [0, 0.1) is 0 Å². The monoisotopic (exact) mass is 348 g/mol. The predicted molar refractivity (Wildman–Crippen MR) is 94.5 cm³/mol. The molecule has 0 fully saturated rings. The fourth-order valence-corrected chi connectivity index (χ4v) is 3.08. The van der Waals surface area contributed by atoms with Crippen LogP contribution in [-0.4, -0.2) is 41.1 Å². The van der Waals surface area contributed by atoms with Gasteiger partial charge in [0.15, 0.2) is 0 Å². The van der Waals surface area contributed by atoms with Crippen LogP contribution >= 0.6 is 0 Å². The molecule has 1 aromatic heterocycles. The smallest absolute Gasteiger partial charge is 0.262 e. The molecule has 0 N–H and O–H groups in total. The Labute approximate surface area is 149 Å². The van der Waals surface area contributed by atoms with E-state index in [1.807, 2.05) is 30.3 Å². The molecule has 2 heterocycles. The molecule has 0 unspecified atom stereocenters. The van der Waals surface area contributed by atoms with Crippen molar-refractivity contribution in [2.45, 2.75) is 6.54 Å². The van der Waals surface area contributed by atoms with E-state index < -0.39 is 11.8 Å². The van der Waals surface area contributed by atoms with Crippen LogP contribution in [0.25, 0.3) is 11.0 Å². The third kappa shape index (κ3) is 2.65. The Hall–Kier alpha value is -3.41. The molecule has 0 saturated heterocycles. The molecule has 130 valence electrons. The first kappa shape index (κ1) is 16.1. The van der Waals surface area contributed by atoms with Gasteiger partial charge in [0.1, 0.15) is 17.9 Å². The summed E-state index contributed by atoms with van der Waals surface area (Å²) in [6.45, 7) is -0.0280. The van der Waals surface area contributed by atoms with Crippen LogP contribution < -0.4 is 0 Å². The van der Waals surface area contributed by atoms with Crippen LogP contribution in [0.1, 0.15) is 26.5 Å². The maximum absolute atomic E-state index is 12.5. The van der Waals surface area contributed by atoms with E-state index in [-0.39, 0.29) is 19.0 Å². The van der Waals surface area contributed by atoms with E-state index in [4.69, 9.17) is 4.42 Å². The van der Waals surface area contributed by atoms with Gasteiger partial charge < -0.3 is 9.32 Å². The number of hydrogen-bond acceptors (Lipinski definition) is 4. The quantitative estimate of drug-likeness (QED) is 0.680. The molecule has 4 rings (SSSR count). The standard InChI is InChI=1S/C20H16N2O4/c1-21(11-14-10-13-6-2-5-9-17(13)26-14)18(23)12-22-19(24)15-7-3-4-8-16(15)20(22)25/h2-10H,11-12H2,1H3. The van der Waals surface area contributed by atoms with Gasteiger partial charge in [-0.2, -0.15) is 0 Å². The Balaban J connectivity index is 1.46. The van der Waals surface area contributed by atoms with Crippen molar-refractivity contribution in [3.63, 3.8) is 0 Å². The van der Waals surface area contributed by atoms with Crippen LogP contribution in [0.3, 0.4) is 0 Å². The number of hydrogen-bond donors (Lipinski definition) is 0. The minimum absolute atomic E-state index is 0.261. The van der Waals surface area contributed by atoms with Gasteiger partial charge in [-0.3, -0.25) is 19.3 Å². The second kappa shape index (κ2) is 6.15. The molecule has 0 aliphatic carbocycles. The summed E-state index contributed by atoms with van der Waals surface area (Å²) in [6.07, 6.45) is 0. The van der Waals surface area contributed by atoms with Gasteiger partial charge in [-0.15, -0.1) is 0 Å². The van der Waals surface area contributed by atoms with Gasteiger partial charge in [-0.25, -0.2) is 0 Å². The fraction of sp³-hybridized carbons (Fsp3) is 0.150. The van der Waals surface area contributed by atoms with Crippen molar-refractivity contribution in [1.29, 1.82) is 0 Å². The van der Waals surface area contributed by atoms with Crippen LogP contribution in [-0.2, 0) is 11.3 Å². The maximum Gasteiger partial charge on any atom is 0.262 e. The van der Waals surface area contributed by atoms with Crippen molar-refractivity contribution in [2.24, 2.45) is 0 Å². The summed E-state index contributed by atoms with van der Waals surface area (Å²) < 4.78 is 5.71. The second-order valence-corrected chi connectivity index (χ2v) is 6.24. The first-order valence-corrected chi connectivity index (χ1v) is 8.21. The van der Waals surface area contributed by atoms with Crippen molar-refractivity contribution >= 4 is 28.7 Å². The van der Waals surface area contributed by atoms with E-state index in [0.717, 1.165) is 15.9 Å². The molecule has 6 nitrogen and oxygen atoms in total. The zero-order valence-electron chi connectivity index (χ0n) is 14.1. The lowest BCUT2D eigenvalue weighted by atomic mass is 10.1. The molecular weight excluding hydrogens is 332 g/mol. The minimum atomic E-state index is -0.434. The van der Waals surface area contributed by atoms with Gasteiger partial charge in [-0.1, -0.05) is 30.3 Å². The summed E-state index contributed by atoms with van der Waals surface area (Å²) in [5.41, 5.74) is 1.43. The SMILES string of the molecule is CN(Cc1cc2ccccc2o1)C(=O)CN1C(=O)c2ccccc2C1=O. The molecule has 0 saturated carbocycles. The Morgan fingerprint density at radius 1 is 1.00 bits per heavy atom. The third-order valence-corrected chi connectivity index (χ3v) is 4.47. The Kier molecular flexibility index (Phi) is 3.80. The number of benzene rings is 2. The Bertz CT molecular complexity index is 969. The van der Waals surface area contributed by atoms with E-state index in [0.29, 0.717) is 16.9 Å². The summed E-state index contributed by atoms with van der Waals surface area (Å²) in [7, 11) is 1.62. The molecule has 0 atom stereocenters. The van der Waals surface area contributed by atoms with Crippen LogP contribution in [0.5, 0.6) is 0 Å². The Morgan fingerprint density at radius 2 is 1.62 bits per heavy atom. The molecule has 0 spiro atoms. The van der Waals surface area contributed by atoms with Gasteiger partial charge >= 0.3 is 0 Å². The Morgan fingerprint density at radius 3 is 2.27 bits per heavy atom. The van der Waals surface area contributed by atoms with Gasteiger partial charge in [0.25, 0.3) is 11.8 Å². The molecular formula is C20H16N2O4. The van der Waals surface area contributed by atoms with Crippen molar-refractivity contribution in [3.8, 4) is 0 Å². The van der Waals surface area contributed by atoms with Crippen molar-refractivity contribution < 1.29 is 18.8 Å². The van der Waals surface area contributed by atoms with Crippen molar-refractivity contribution in [2.75, 3.05) is 13.6 Å².